The molecule has 0 bridgehead atoms. The molecule has 1 fully saturated rings. The molecule has 1 N–H and O–H groups in total. The molecule has 0 aromatic carbocycles. The number of aryl methyl sites for hydroxylation is 1. The molecule has 0 spiro atoms. The topological polar surface area (TPSA) is 59.4 Å². The molecule has 5 heteroatoms. The molecule has 1 saturated carbocycles. The lowest BCUT2D eigenvalue weighted by Crippen LogP contribution is -2.24. The van der Waals surface area contributed by atoms with Crippen molar-refractivity contribution in [2.45, 2.75) is 38.2 Å². The number of nitrogens with zero attached hydrogens (tertiary/aromatic N) is 1. The van der Waals surface area contributed by atoms with Crippen molar-refractivity contribution in [1.29, 1.82) is 0 Å². The maximum atomic E-state index is 11.0. The summed E-state index contributed by atoms with van der Waals surface area (Å²) < 4.78 is 5.59. The molecule has 1 aliphatic rings. The van der Waals surface area contributed by atoms with E-state index in [1.54, 1.807) is 14.0 Å². The Bertz CT molecular complexity index is 407. The highest BCUT2D eigenvalue weighted by Crippen LogP contribution is 2.43. The highest BCUT2D eigenvalue weighted by atomic mass is 32.1. The van der Waals surface area contributed by atoms with Crippen LogP contribution in [0.15, 0.2) is 0 Å². The van der Waals surface area contributed by atoms with Gasteiger partial charge in [0.2, 0.25) is 0 Å². The Kier molecular flexibility index (Phi) is 2.99. The molecule has 2 rings (SSSR count). The fourth-order valence-corrected chi connectivity index (χ4v) is 3.37. The molecule has 16 heavy (non-hydrogen) atoms. The second kappa shape index (κ2) is 4.14. The number of hydrogen-bond donors (Lipinski definition) is 1. The Morgan fingerprint density at radius 2 is 2.12 bits per heavy atom. The van der Waals surface area contributed by atoms with E-state index in [4.69, 9.17) is 9.84 Å². The first-order chi connectivity index (χ1) is 7.59. The summed E-state index contributed by atoms with van der Waals surface area (Å²) in [6, 6.07) is 0. The zero-order valence-corrected chi connectivity index (χ0v) is 10.3. The second-order valence-electron chi connectivity index (χ2n) is 4.14. The number of hydrogen-bond acceptors (Lipinski definition) is 4. The van der Waals surface area contributed by atoms with E-state index in [1.807, 2.05) is 0 Å². The Hall–Kier alpha value is -0.940. The molecule has 1 heterocycles. The summed E-state index contributed by atoms with van der Waals surface area (Å²) in [5.74, 6) is -0.898. The number of carbonyl (C=O) groups is 1. The van der Waals surface area contributed by atoms with E-state index in [2.05, 4.69) is 4.98 Å². The van der Waals surface area contributed by atoms with Crippen molar-refractivity contribution in [3.05, 3.63) is 15.6 Å². The highest BCUT2D eigenvalue weighted by molar-refractivity contribution is 7.13. The zero-order valence-electron chi connectivity index (χ0n) is 9.45. The molecule has 4 nitrogen and oxygen atoms in total. The van der Waals surface area contributed by atoms with Crippen molar-refractivity contribution in [1.82, 2.24) is 4.98 Å². The van der Waals surface area contributed by atoms with Crippen molar-refractivity contribution in [3.8, 4) is 0 Å². The van der Waals surface area contributed by atoms with Gasteiger partial charge in [-0.1, -0.05) is 12.8 Å². The third-order valence-electron chi connectivity index (χ3n) is 3.18. The Labute approximate surface area is 98.3 Å². The van der Waals surface area contributed by atoms with Gasteiger partial charge >= 0.3 is 5.97 Å². The normalized spacial score (nSPS) is 18.9. The van der Waals surface area contributed by atoms with Gasteiger partial charge < -0.3 is 9.84 Å². The molecule has 0 amide bonds. The van der Waals surface area contributed by atoms with E-state index in [9.17, 15) is 4.79 Å². The molecule has 1 aromatic rings. The number of methoxy groups -OCH3 is 1. The van der Waals surface area contributed by atoms with E-state index < -0.39 is 5.97 Å². The number of carboxylic acid groups (broad SMARTS) is 1. The minimum Gasteiger partial charge on any atom is -0.477 e. The van der Waals surface area contributed by atoms with Gasteiger partial charge in [0, 0.05) is 7.11 Å². The first kappa shape index (κ1) is 11.5. The van der Waals surface area contributed by atoms with Gasteiger partial charge in [-0.25, -0.2) is 9.78 Å². The lowest BCUT2D eigenvalue weighted by atomic mass is 10.0. The summed E-state index contributed by atoms with van der Waals surface area (Å²) in [4.78, 5) is 15.7. The monoisotopic (exact) mass is 241 g/mol. The van der Waals surface area contributed by atoms with E-state index in [-0.39, 0.29) is 5.60 Å². The van der Waals surface area contributed by atoms with Gasteiger partial charge in [-0.3, -0.25) is 0 Å². The van der Waals surface area contributed by atoms with Crippen LogP contribution in [-0.4, -0.2) is 23.2 Å². The zero-order chi connectivity index (χ0) is 11.8. The van der Waals surface area contributed by atoms with Crippen LogP contribution in [0.25, 0.3) is 0 Å². The average molecular weight is 241 g/mol. The van der Waals surface area contributed by atoms with Gasteiger partial charge in [0.15, 0.2) is 0 Å². The third-order valence-corrected chi connectivity index (χ3v) is 4.51. The van der Waals surface area contributed by atoms with E-state index >= 15 is 0 Å². The van der Waals surface area contributed by atoms with Crippen LogP contribution in [-0.2, 0) is 10.3 Å². The molecule has 1 aromatic heterocycles. The lowest BCUT2D eigenvalue weighted by molar-refractivity contribution is -0.00893. The van der Waals surface area contributed by atoms with Crippen LogP contribution in [0, 0.1) is 6.92 Å². The van der Waals surface area contributed by atoms with E-state index in [1.165, 1.54) is 11.3 Å². The molecule has 0 saturated heterocycles. The van der Waals surface area contributed by atoms with Crippen molar-refractivity contribution in [2.24, 2.45) is 0 Å². The standard InChI is InChI=1S/C11H15NO3S/c1-7-8(9(13)14)16-10(12-7)11(15-2)5-3-4-6-11/h3-6H2,1-2H3,(H,13,14). The minimum absolute atomic E-state index is 0.330. The van der Waals surface area contributed by atoms with Gasteiger partial charge in [-0.15, -0.1) is 11.3 Å². The van der Waals surface area contributed by atoms with Crippen LogP contribution in [0.1, 0.15) is 46.1 Å². The van der Waals surface area contributed by atoms with Crippen molar-refractivity contribution < 1.29 is 14.6 Å². The van der Waals surface area contributed by atoms with Crippen molar-refractivity contribution >= 4 is 17.3 Å². The maximum absolute atomic E-state index is 11.0. The number of aromatic nitrogens is 1. The third kappa shape index (κ3) is 1.74. The number of ether oxygens (including phenoxy) is 1. The molecular formula is C11H15NO3S. The molecule has 0 atom stereocenters. The number of rotatable bonds is 3. The number of thiazole rings is 1. The molecular weight excluding hydrogens is 226 g/mol. The summed E-state index contributed by atoms with van der Waals surface area (Å²) in [5.41, 5.74) is 0.263. The Morgan fingerprint density at radius 3 is 2.56 bits per heavy atom. The summed E-state index contributed by atoms with van der Waals surface area (Å²) in [7, 11) is 1.68. The fraction of sp³-hybridized carbons (Fsp3) is 0.636. The summed E-state index contributed by atoms with van der Waals surface area (Å²) >= 11 is 1.25. The van der Waals surface area contributed by atoms with Crippen molar-refractivity contribution in [2.75, 3.05) is 7.11 Å². The first-order valence-corrected chi connectivity index (χ1v) is 6.17. The van der Waals surface area contributed by atoms with Gasteiger partial charge in [0.1, 0.15) is 15.5 Å². The minimum atomic E-state index is -0.898. The van der Waals surface area contributed by atoms with Gasteiger partial charge in [0.05, 0.1) is 5.69 Å². The molecule has 0 radical (unpaired) electrons. The molecule has 1 aliphatic carbocycles. The molecule has 0 aliphatic heterocycles. The largest absolute Gasteiger partial charge is 0.477 e. The fourth-order valence-electron chi connectivity index (χ4n) is 2.24. The van der Waals surface area contributed by atoms with Crippen LogP contribution >= 0.6 is 11.3 Å². The molecule has 88 valence electrons. The lowest BCUT2D eigenvalue weighted by Gasteiger charge is -2.24. The SMILES string of the molecule is COC1(c2nc(C)c(C(=O)O)s2)CCCC1. The Balaban J connectivity index is 2.39. The number of aromatic carboxylic acids is 1. The van der Waals surface area contributed by atoms with Crippen LogP contribution in [0.2, 0.25) is 0 Å². The Morgan fingerprint density at radius 1 is 1.50 bits per heavy atom. The second-order valence-corrected chi connectivity index (χ2v) is 5.14. The van der Waals surface area contributed by atoms with Crippen LogP contribution in [0.5, 0.6) is 0 Å². The van der Waals surface area contributed by atoms with E-state index in [0.717, 1.165) is 30.7 Å². The highest BCUT2D eigenvalue weighted by Gasteiger charge is 2.39. The summed E-state index contributed by atoms with van der Waals surface area (Å²) in [6.07, 6.45) is 4.12. The van der Waals surface area contributed by atoms with Gasteiger partial charge in [0.25, 0.3) is 0 Å². The summed E-state index contributed by atoms with van der Waals surface area (Å²) in [5, 5.41) is 9.83. The predicted octanol–water partition coefficient (Wildman–Crippen LogP) is 2.57. The predicted molar refractivity (Wildman–Crippen MR) is 61.0 cm³/mol. The summed E-state index contributed by atoms with van der Waals surface area (Å²) in [6.45, 7) is 1.74. The van der Waals surface area contributed by atoms with Crippen LogP contribution < -0.4 is 0 Å². The van der Waals surface area contributed by atoms with Crippen LogP contribution in [0.4, 0.5) is 0 Å². The molecule has 0 unspecified atom stereocenters. The van der Waals surface area contributed by atoms with Crippen molar-refractivity contribution in [3.63, 3.8) is 0 Å². The van der Waals surface area contributed by atoms with Crippen LogP contribution in [0.3, 0.4) is 0 Å². The average Bonchev–Trinajstić information content (AvgIpc) is 2.84. The van der Waals surface area contributed by atoms with Gasteiger partial charge in [-0.05, 0) is 19.8 Å². The number of carboxylic acids is 1. The quantitative estimate of drug-likeness (QED) is 0.883. The first-order valence-electron chi connectivity index (χ1n) is 5.35. The van der Waals surface area contributed by atoms with E-state index in [0.29, 0.717) is 10.6 Å². The maximum Gasteiger partial charge on any atom is 0.347 e. The van der Waals surface area contributed by atoms with Gasteiger partial charge in [-0.2, -0.15) is 0 Å². The smallest absolute Gasteiger partial charge is 0.347 e.